The van der Waals surface area contributed by atoms with E-state index in [9.17, 15) is 0 Å². The minimum absolute atomic E-state index is 1.41. The van der Waals surface area contributed by atoms with Gasteiger partial charge < -0.3 is 0 Å². The first kappa shape index (κ1) is 9.53. The van der Waals surface area contributed by atoms with Gasteiger partial charge in [-0.3, -0.25) is 0 Å². The van der Waals surface area contributed by atoms with Gasteiger partial charge in [-0.15, -0.1) is 0 Å². The summed E-state index contributed by atoms with van der Waals surface area (Å²) in [6.45, 7) is 0. The molecule has 0 aliphatic heterocycles. The zero-order valence-corrected chi connectivity index (χ0v) is 10.8. The van der Waals surface area contributed by atoms with Crippen molar-refractivity contribution in [3.63, 3.8) is 0 Å². The number of hydrogen-bond acceptors (Lipinski definition) is 0. The van der Waals surface area contributed by atoms with Crippen LogP contribution in [0.1, 0.15) is 0 Å². The van der Waals surface area contributed by atoms with Crippen LogP contribution in [0.5, 0.6) is 0 Å². The van der Waals surface area contributed by atoms with Gasteiger partial charge in [-0.05, 0) is 0 Å². The van der Waals surface area contributed by atoms with Crippen molar-refractivity contribution in [1.29, 1.82) is 0 Å². The van der Waals surface area contributed by atoms with Crippen molar-refractivity contribution in [3.8, 4) is 0 Å². The number of hydrogen-bond donors (Lipinski definition) is 0. The first-order valence-electron chi connectivity index (χ1n) is 4.98. The maximum absolute atomic E-state index is 2.43. The molecule has 0 saturated carbocycles. The Labute approximate surface area is 89.7 Å². The van der Waals surface area contributed by atoms with Crippen LogP contribution in [0, 0.1) is 0 Å². The molecule has 0 saturated heterocycles. The van der Waals surface area contributed by atoms with E-state index in [0.717, 1.165) is 0 Å². The molecular weight excluding hydrogens is 229 g/mol. The summed E-state index contributed by atoms with van der Waals surface area (Å²) in [6.07, 6.45) is 0. The standard InChI is InChI=1S/C13H14Ge/c1-14(12-8-4-2-5-9-12)13-10-6-3-7-11-13/h2-11,14H,1H3. The van der Waals surface area contributed by atoms with Crippen LogP contribution < -0.4 is 8.79 Å². The summed E-state index contributed by atoms with van der Waals surface area (Å²) in [4.78, 5) is 0. The molecule has 1 heteroatoms. The van der Waals surface area contributed by atoms with Crippen LogP contribution in [-0.2, 0) is 0 Å². The first-order chi connectivity index (χ1) is 6.88. The fourth-order valence-electron chi connectivity index (χ4n) is 1.68. The van der Waals surface area contributed by atoms with E-state index in [1.807, 2.05) is 0 Å². The van der Waals surface area contributed by atoms with Gasteiger partial charge >= 0.3 is 89.6 Å². The number of rotatable bonds is 2. The van der Waals surface area contributed by atoms with Gasteiger partial charge in [0, 0.05) is 0 Å². The zero-order valence-electron chi connectivity index (χ0n) is 8.35. The second-order valence-electron chi connectivity index (χ2n) is 3.54. The molecule has 0 spiro atoms. The van der Waals surface area contributed by atoms with Crippen molar-refractivity contribution in [2.75, 3.05) is 0 Å². The molecule has 0 heterocycles. The Morgan fingerprint density at radius 1 is 0.643 bits per heavy atom. The van der Waals surface area contributed by atoms with Crippen molar-refractivity contribution in [2.24, 2.45) is 0 Å². The Morgan fingerprint density at radius 2 is 1.00 bits per heavy atom. The molecule has 0 amide bonds. The molecular formula is C13H14Ge. The maximum atomic E-state index is 2.43. The predicted molar refractivity (Wildman–Crippen MR) is 65.2 cm³/mol. The van der Waals surface area contributed by atoms with Gasteiger partial charge in [0.25, 0.3) is 0 Å². The van der Waals surface area contributed by atoms with E-state index in [1.165, 1.54) is 0 Å². The van der Waals surface area contributed by atoms with Crippen molar-refractivity contribution in [2.45, 2.75) is 5.76 Å². The van der Waals surface area contributed by atoms with Crippen LogP contribution in [0.15, 0.2) is 60.7 Å². The average Bonchev–Trinajstić information content (AvgIpc) is 2.30. The molecule has 2 aromatic carbocycles. The molecule has 14 heavy (non-hydrogen) atoms. The second kappa shape index (κ2) is 4.47. The monoisotopic (exact) mass is 244 g/mol. The molecule has 0 aromatic heterocycles. The Kier molecular flexibility index (Phi) is 3.04. The summed E-state index contributed by atoms with van der Waals surface area (Å²) in [6, 6.07) is 21.8. The van der Waals surface area contributed by atoms with Gasteiger partial charge in [0.15, 0.2) is 0 Å². The van der Waals surface area contributed by atoms with E-state index < -0.39 is 14.3 Å². The second-order valence-corrected chi connectivity index (χ2v) is 9.37. The molecule has 0 atom stereocenters. The summed E-state index contributed by atoms with van der Waals surface area (Å²) >= 11 is -1.41. The minimum atomic E-state index is -1.41. The molecule has 2 rings (SSSR count). The van der Waals surface area contributed by atoms with Crippen molar-refractivity contribution < 1.29 is 0 Å². The van der Waals surface area contributed by atoms with E-state index in [4.69, 9.17) is 0 Å². The van der Waals surface area contributed by atoms with E-state index in [0.29, 0.717) is 0 Å². The molecule has 0 bridgehead atoms. The first-order valence-corrected chi connectivity index (χ1v) is 9.82. The third-order valence-electron chi connectivity index (χ3n) is 2.60. The number of benzene rings is 2. The fraction of sp³-hybridized carbons (Fsp3) is 0.0769. The summed E-state index contributed by atoms with van der Waals surface area (Å²) in [5.74, 6) is 2.43. The van der Waals surface area contributed by atoms with Crippen LogP contribution in [0.3, 0.4) is 0 Å². The molecule has 70 valence electrons. The summed E-state index contributed by atoms with van der Waals surface area (Å²) < 4.78 is 3.12. The van der Waals surface area contributed by atoms with Crippen molar-refractivity contribution in [1.82, 2.24) is 0 Å². The summed E-state index contributed by atoms with van der Waals surface area (Å²) in [5.41, 5.74) is 0. The van der Waals surface area contributed by atoms with E-state index in [1.54, 1.807) is 8.79 Å². The van der Waals surface area contributed by atoms with E-state index in [2.05, 4.69) is 66.4 Å². The van der Waals surface area contributed by atoms with Gasteiger partial charge in [0.2, 0.25) is 0 Å². The third-order valence-corrected chi connectivity index (χ3v) is 8.41. The summed E-state index contributed by atoms with van der Waals surface area (Å²) in [7, 11) is 0. The Balaban J connectivity index is 2.30. The van der Waals surface area contributed by atoms with Crippen LogP contribution in [-0.4, -0.2) is 14.3 Å². The Hall–Kier alpha value is -1.02. The Morgan fingerprint density at radius 3 is 1.36 bits per heavy atom. The average molecular weight is 243 g/mol. The molecule has 0 fully saturated rings. The van der Waals surface area contributed by atoms with Gasteiger partial charge in [-0.2, -0.15) is 0 Å². The van der Waals surface area contributed by atoms with E-state index in [-0.39, 0.29) is 0 Å². The van der Waals surface area contributed by atoms with E-state index >= 15 is 0 Å². The van der Waals surface area contributed by atoms with Crippen molar-refractivity contribution in [3.05, 3.63) is 60.7 Å². The fourth-order valence-corrected chi connectivity index (χ4v) is 5.84. The molecule has 0 radical (unpaired) electrons. The molecule has 0 unspecified atom stereocenters. The van der Waals surface area contributed by atoms with Crippen LogP contribution in [0.2, 0.25) is 5.76 Å². The zero-order chi connectivity index (χ0) is 9.80. The SMILES string of the molecule is [CH3][GeH]([c]1ccccc1)[c]1ccccc1. The molecule has 0 N–H and O–H groups in total. The summed E-state index contributed by atoms with van der Waals surface area (Å²) in [5, 5.41) is 0. The molecule has 2 aromatic rings. The third kappa shape index (κ3) is 2.07. The van der Waals surface area contributed by atoms with Crippen LogP contribution in [0.25, 0.3) is 0 Å². The quantitative estimate of drug-likeness (QED) is 0.703. The van der Waals surface area contributed by atoms with Crippen LogP contribution in [0.4, 0.5) is 0 Å². The normalized spacial score (nSPS) is 10.4. The van der Waals surface area contributed by atoms with Gasteiger partial charge in [0.1, 0.15) is 0 Å². The predicted octanol–water partition coefficient (Wildman–Crippen LogP) is 1.66. The Bertz CT molecular complexity index is 341. The van der Waals surface area contributed by atoms with Gasteiger partial charge in [0.05, 0.1) is 0 Å². The van der Waals surface area contributed by atoms with Crippen LogP contribution >= 0.6 is 0 Å². The molecule has 0 aliphatic rings. The molecule has 0 aliphatic carbocycles. The molecule has 0 nitrogen and oxygen atoms in total. The van der Waals surface area contributed by atoms with Gasteiger partial charge in [-0.1, -0.05) is 0 Å². The van der Waals surface area contributed by atoms with Gasteiger partial charge in [-0.25, -0.2) is 0 Å². The van der Waals surface area contributed by atoms with Crippen molar-refractivity contribution >= 4 is 23.1 Å². The topological polar surface area (TPSA) is 0 Å².